The highest BCUT2D eigenvalue weighted by Crippen LogP contribution is 2.23. The average Bonchev–Trinajstić information content (AvgIpc) is 2.80. The monoisotopic (exact) mass is 309 g/mol. The van der Waals surface area contributed by atoms with E-state index in [1.165, 1.54) is 0 Å². The number of carboxylic acids is 1. The van der Waals surface area contributed by atoms with Gasteiger partial charge in [-0.3, -0.25) is 0 Å². The van der Waals surface area contributed by atoms with Gasteiger partial charge in [-0.15, -0.1) is 0 Å². The van der Waals surface area contributed by atoms with E-state index in [0.29, 0.717) is 6.54 Å². The number of anilines is 1. The van der Waals surface area contributed by atoms with Gasteiger partial charge in [0.15, 0.2) is 0 Å². The highest BCUT2D eigenvalue weighted by Gasteiger charge is 2.09. The lowest BCUT2D eigenvalue weighted by atomic mass is 10.2. The number of furan rings is 1. The highest BCUT2D eigenvalue weighted by molar-refractivity contribution is 9.10. The molecule has 1 aromatic carbocycles. The molecule has 1 heterocycles. The van der Waals surface area contributed by atoms with Crippen molar-refractivity contribution in [3.63, 3.8) is 0 Å². The van der Waals surface area contributed by atoms with Gasteiger partial charge >= 0.3 is 5.97 Å². The van der Waals surface area contributed by atoms with E-state index in [2.05, 4.69) is 15.9 Å². The lowest BCUT2D eigenvalue weighted by Crippen LogP contribution is -2.16. The number of halogens is 1. The molecule has 94 valence electrons. The van der Waals surface area contributed by atoms with Crippen LogP contribution < -0.4 is 4.90 Å². The summed E-state index contributed by atoms with van der Waals surface area (Å²) in [5.74, 6) is -0.936. The Balaban J connectivity index is 2.24. The Hall–Kier alpha value is -1.75. The summed E-state index contributed by atoms with van der Waals surface area (Å²) in [6, 6.07) is 6.99. The first-order valence-corrected chi connectivity index (χ1v) is 6.11. The highest BCUT2D eigenvalue weighted by atomic mass is 79.9. The van der Waals surface area contributed by atoms with Crippen LogP contribution in [-0.2, 0) is 6.54 Å². The van der Waals surface area contributed by atoms with Gasteiger partial charge in [0, 0.05) is 29.3 Å². The van der Waals surface area contributed by atoms with Crippen LogP contribution in [0.3, 0.4) is 0 Å². The minimum Gasteiger partial charge on any atom is -0.478 e. The van der Waals surface area contributed by atoms with Gasteiger partial charge in [0.2, 0.25) is 0 Å². The SMILES string of the molecule is CN(Cc1ccoc1)c1cc(Br)cc(C(=O)O)c1. The molecule has 0 saturated heterocycles. The Kier molecular flexibility index (Phi) is 3.72. The maximum absolute atomic E-state index is 11.0. The molecule has 1 aromatic heterocycles. The molecule has 0 spiro atoms. The largest absolute Gasteiger partial charge is 0.478 e. The number of rotatable bonds is 4. The Morgan fingerprint density at radius 2 is 2.22 bits per heavy atom. The van der Waals surface area contributed by atoms with Gasteiger partial charge in [0.05, 0.1) is 18.1 Å². The lowest BCUT2D eigenvalue weighted by Gasteiger charge is -2.19. The number of carboxylic acid groups (broad SMARTS) is 1. The predicted octanol–water partition coefficient (Wildman–Crippen LogP) is 3.38. The van der Waals surface area contributed by atoms with Crippen molar-refractivity contribution >= 4 is 27.6 Å². The van der Waals surface area contributed by atoms with E-state index in [-0.39, 0.29) is 5.56 Å². The van der Waals surface area contributed by atoms with Crippen molar-refractivity contribution in [1.29, 1.82) is 0 Å². The minimum absolute atomic E-state index is 0.262. The van der Waals surface area contributed by atoms with Crippen molar-refractivity contribution < 1.29 is 14.3 Å². The van der Waals surface area contributed by atoms with Crippen LogP contribution >= 0.6 is 15.9 Å². The Morgan fingerprint density at radius 3 is 2.83 bits per heavy atom. The summed E-state index contributed by atoms with van der Waals surface area (Å²) >= 11 is 3.32. The predicted molar refractivity (Wildman–Crippen MR) is 71.9 cm³/mol. The summed E-state index contributed by atoms with van der Waals surface area (Å²) in [4.78, 5) is 13.0. The molecule has 5 heteroatoms. The second kappa shape index (κ2) is 5.27. The molecule has 1 N–H and O–H groups in total. The summed E-state index contributed by atoms with van der Waals surface area (Å²) in [5.41, 5.74) is 2.13. The molecule has 0 unspecified atom stereocenters. The normalized spacial score (nSPS) is 10.3. The zero-order chi connectivity index (χ0) is 13.1. The Morgan fingerprint density at radius 1 is 1.44 bits per heavy atom. The van der Waals surface area contributed by atoms with Crippen LogP contribution in [0.25, 0.3) is 0 Å². The summed E-state index contributed by atoms with van der Waals surface area (Å²) in [6.07, 6.45) is 3.29. The molecular weight excluding hydrogens is 298 g/mol. The zero-order valence-corrected chi connectivity index (χ0v) is 11.3. The van der Waals surface area contributed by atoms with E-state index >= 15 is 0 Å². The molecule has 0 amide bonds. The zero-order valence-electron chi connectivity index (χ0n) is 9.76. The summed E-state index contributed by atoms with van der Waals surface area (Å²) in [5, 5.41) is 9.02. The molecule has 0 saturated carbocycles. The van der Waals surface area contributed by atoms with E-state index in [4.69, 9.17) is 9.52 Å². The number of nitrogens with zero attached hydrogens (tertiary/aromatic N) is 1. The Bertz CT molecular complexity index is 551. The third-order valence-electron chi connectivity index (χ3n) is 2.57. The maximum Gasteiger partial charge on any atom is 0.335 e. The van der Waals surface area contributed by atoms with Crippen LogP contribution in [0.5, 0.6) is 0 Å². The molecule has 0 fully saturated rings. The van der Waals surface area contributed by atoms with Crippen LogP contribution in [-0.4, -0.2) is 18.1 Å². The molecule has 0 aliphatic carbocycles. The second-order valence-corrected chi connectivity index (χ2v) is 4.91. The van der Waals surface area contributed by atoms with Gasteiger partial charge in [-0.05, 0) is 24.3 Å². The van der Waals surface area contributed by atoms with Gasteiger partial charge < -0.3 is 14.4 Å². The van der Waals surface area contributed by atoms with E-state index in [9.17, 15) is 4.79 Å². The molecule has 4 nitrogen and oxygen atoms in total. The number of hydrogen-bond donors (Lipinski definition) is 1. The van der Waals surface area contributed by atoms with Crippen LogP contribution in [0.4, 0.5) is 5.69 Å². The maximum atomic E-state index is 11.0. The van der Waals surface area contributed by atoms with Gasteiger partial charge in [-0.25, -0.2) is 4.79 Å². The van der Waals surface area contributed by atoms with Crippen molar-refractivity contribution in [2.24, 2.45) is 0 Å². The van der Waals surface area contributed by atoms with Crippen molar-refractivity contribution in [2.75, 3.05) is 11.9 Å². The molecule has 2 aromatic rings. The van der Waals surface area contributed by atoms with E-state index in [0.717, 1.165) is 15.7 Å². The van der Waals surface area contributed by atoms with Crippen LogP contribution in [0.1, 0.15) is 15.9 Å². The molecular formula is C13H12BrNO3. The number of carbonyl (C=O) groups is 1. The van der Waals surface area contributed by atoms with Crippen molar-refractivity contribution in [2.45, 2.75) is 6.54 Å². The fourth-order valence-corrected chi connectivity index (χ4v) is 2.15. The van der Waals surface area contributed by atoms with Crippen molar-refractivity contribution in [3.8, 4) is 0 Å². The number of aromatic carboxylic acids is 1. The van der Waals surface area contributed by atoms with Crippen molar-refractivity contribution in [1.82, 2.24) is 0 Å². The molecule has 18 heavy (non-hydrogen) atoms. The quantitative estimate of drug-likeness (QED) is 0.940. The molecule has 0 atom stereocenters. The second-order valence-electron chi connectivity index (χ2n) is 3.99. The topological polar surface area (TPSA) is 53.7 Å². The number of hydrogen-bond acceptors (Lipinski definition) is 3. The van der Waals surface area contributed by atoms with Gasteiger partial charge in [0.1, 0.15) is 0 Å². The fourth-order valence-electron chi connectivity index (χ4n) is 1.67. The fraction of sp³-hybridized carbons (Fsp3) is 0.154. The van der Waals surface area contributed by atoms with Crippen LogP contribution in [0, 0.1) is 0 Å². The molecule has 0 bridgehead atoms. The lowest BCUT2D eigenvalue weighted by molar-refractivity contribution is 0.0697. The van der Waals surface area contributed by atoms with Gasteiger partial charge in [0.25, 0.3) is 0 Å². The molecule has 2 rings (SSSR count). The molecule has 0 aliphatic rings. The first-order chi connectivity index (χ1) is 8.56. The van der Waals surface area contributed by atoms with Gasteiger partial charge in [-0.1, -0.05) is 15.9 Å². The summed E-state index contributed by atoms with van der Waals surface area (Å²) in [7, 11) is 1.90. The van der Waals surface area contributed by atoms with E-state index < -0.39 is 5.97 Å². The van der Waals surface area contributed by atoms with Gasteiger partial charge in [-0.2, -0.15) is 0 Å². The van der Waals surface area contributed by atoms with Crippen LogP contribution in [0.2, 0.25) is 0 Å². The minimum atomic E-state index is -0.936. The van der Waals surface area contributed by atoms with Crippen LogP contribution in [0.15, 0.2) is 45.7 Å². The summed E-state index contributed by atoms with van der Waals surface area (Å²) < 4.78 is 5.75. The van der Waals surface area contributed by atoms with Crippen molar-refractivity contribution in [3.05, 3.63) is 52.4 Å². The Labute approximate surface area is 113 Å². The third-order valence-corrected chi connectivity index (χ3v) is 3.03. The summed E-state index contributed by atoms with van der Waals surface area (Å²) in [6.45, 7) is 0.659. The molecule has 0 aliphatic heterocycles. The third kappa shape index (κ3) is 2.92. The smallest absolute Gasteiger partial charge is 0.335 e. The first kappa shape index (κ1) is 12.7. The number of benzene rings is 1. The molecule has 0 radical (unpaired) electrons. The van der Waals surface area contributed by atoms with E-state index in [1.807, 2.05) is 24.1 Å². The average molecular weight is 310 g/mol. The first-order valence-electron chi connectivity index (χ1n) is 5.32. The standard InChI is InChI=1S/C13H12BrNO3/c1-15(7-9-2-3-18-8-9)12-5-10(13(16)17)4-11(14)6-12/h2-6,8H,7H2,1H3,(H,16,17). The van der Waals surface area contributed by atoms with E-state index in [1.54, 1.807) is 24.7 Å².